The molecule has 2 aromatic rings. The average Bonchev–Trinajstić information content (AvgIpc) is 2.50. The second-order valence-electron chi connectivity index (χ2n) is 5.29. The number of hydrogen-bond acceptors (Lipinski definition) is 3. The van der Waals surface area contributed by atoms with Crippen LogP contribution >= 0.6 is 11.6 Å². The number of sulfonamides is 1. The summed E-state index contributed by atoms with van der Waals surface area (Å²) in [4.78, 5) is 1.86. The van der Waals surface area contributed by atoms with Crippen LogP contribution in [0.1, 0.15) is 0 Å². The minimum atomic E-state index is -3.83. The van der Waals surface area contributed by atoms with E-state index in [0.29, 0.717) is 12.2 Å². The monoisotopic (exact) mass is 356 g/mol. The van der Waals surface area contributed by atoms with Crippen molar-refractivity contribution in [2.45, 2.75) is 4.90 Å². The van der Waals surface area contributed by atoms with E-state index in [1.165, 1.54) is 10.4 Å². The quantitative estimate of drug-likeness (QED) is 0.797. The average molecular weight is 357 g/mol. The van der Waals surface area contributed by atoms with Crippen LogP contribution in [0.5, 0.6) is 0 Å². The molecular weight excluding hydrogens is 339 g/mol. The number of benzene rings is 2. The Hall–Kier alpha value is -1.63. The van der Waals surface area contributed by atoms with E-state index in [-0.39, 0.29) is 16.5 Å². The van der Waals surface area contributed by atoms with Crippen molar-refractivity contribution >= 4 is 27.3 Å². The largest absolute Gasteiger partial charge is 0.308 e. The summed E-state index contributed by atoms with van der Waals surface area (Å²) in [7, 11) is -0.102. The molecule has 0 atom stereocenters. The molecule has 2 rings (SSSR count). The minimum absolute atomic E-state index is 0.0356. The molecule has 0 saturated carbocycles. The maximum atomic E-state index is 13.3. The lowest BCUT2D eigenvalue weighted by molar-refractivity contribution is 0.419. The first-order valence-corrected chi connectivity index (χ1v) is 8.82. The van der Waals surface area contributed by atoms with Gasteiger partial charge in [0.25, 0.3) is 10.0 Å². The summed E-state index contributed by atoms with van der Waals surface area (Å²) < 4.78 is 40.5. The topological polar surface area (TPSA) is 40.6 Å². The Balaban J connectivity index is 2.45. The zero-order chi connectivity index (χ0) is 17.0. The van der Waals surface area contributed by atoms with E-state index < -0.39 is 15.8 Å². The molecule has 0 unspecified atom stereocenters. The lowest BCUT2D eigenvalue weighted by atomic mass is 10.3. The maximum absolute atomic E-state index is 13.3. The van der Waals surface area contributed by atoms with Gasteiger partial charge in [0.1, 0.15) is 5.82 Å². The Kier molecular flexibility index (Phi) is 5.62. The zero-order valence-corrected chi connectivity index (χ0v) is 14.5. The third-order valence-corrected chi connectivity index (χ3v) is 5.39. The highest BCUT2D eigenvalue weighted by molar-refractivity contribution is 7.92. The van der Waals surface area contributed by atoms with Gasteiger partial charge in [-0.15, -0.1) is 0 Å². The normalized spacial score (nSPS) is 11.7. The van der Waals surface area contributed by atoms with Crippen molar-refractivity contribution in [3.63, 3.8) is 0 Å². The first-order chi connectivity index (χ1) is 10.8. The van der Waals surface area contributed by atoms with E-state index in [2.05, 4.69) is 0 Å². The molecule has 7 heteroatoms. The second kappa shape index (κ2) is 7.29. The fraction of sp³-hybridized carbons (Fsp3) is 0.250. The van der Waals surface area contributed by atoms with Gasteiger partial charge in [0.2, 0.25) is 0 Å². The predicted octanol–water partition coefficient (Wildman–Crippen LogP) is 3.24. The van der Waals surface area contributed by atoms with E-state index >= 15 is 0 Å². The van der Waals surface area contributed by atoms with E-state index in [9.17, 15) is 12.8 Å². The molecule has 0 radical (unpaired) electrons. The number of likely N-dealkylation sites (N-methyl/N-ethyl adjacent to an activating group) is 1. The molecule has 0 aliphatic carbocycles. The van der Waals surface area contributed by atoms with Crippen molar-refractivity contribution in [2.75, 3.05) is 31.5 Å². The number of anilines is 1. The molecule has 4 nitrogen and oxygen atoms in total. The molecule has 0 fully saturated rings. The zero-order valence-electron chi connectivity index (χ0n) is 12.9. The molecule has 0 spiro atoms. The van der Waals surface area contributed by atoms with E-state index in [4.69, 9.17) is 11.6 Å². The molecule has 0 aromatic heterocycles. The Labute approximate surface area is 141 Å². The SMILES string of the molecule is CN(C)CCN(c1ccccc1)S(=O)(=O)c1ccc(F)c(Cl)c1. The number of halogens is 2. The molecule has 23 heavy (non-hydrogen) atoms. The first kappa shape index (κ1) is 17.7. The predicted molar refractivity (Wildman–Crippen MR) is 90.9 cm³/mol. The van der Waals surface area contributed by atoms with Crippen LogP contribution < -0.4 is 4.31 Å². The molecule has 0 heterocycles. The minimum Gasteiger partial charge on any atom is -0.308 e. The van der Waals surface area contributed by atoms with Gasteiger partial charge in [-0.1, -0.05) is 29.8 Å². The molecule has 0 N–H and O–H groups in total. The van der Waals surface area contributed by atoms with Gasteiger partial charge in [-0.2, -0.15) is 0 Å². The Bertz CT molecular complexity index is 767. The van der Waals surface area contributed by atoms with Gasteiger partial charge in [-0.3, -0.25) is 4.31 Å². The summed E-state index contributed by atoms with van der Waals surface area (Å²) in [5.74, 6) is -0.648. The number of para-hydroxylation sites is 1. The van der Waals surface area contributed by atoms with Gasteiger partial charge in [-0.25, -0.2) is 12.8 Å². The van der Waals surface area contributed by atoms with Gasteiger partial charge in [0.15, 0.2) is 0 Å². The van der Waals surface area contributed by atoms with Crippen LogP contribution in [-0.2, 0) is 10.0 Å². The third kappa shape index (κ3) is 4.22. The lowest BCUT2D eigenvalue weighted by Gasteiger charge is -2.26. The summed E-state index contributed by atoms with van der Waals surface area (Å²) in [5.41, 5.74) is 0.551. The molecule has 0 saturated heterocycles. The smallest absolute Gasteiger partial charge is 0.264 e. The van der Waals surface area contributed by atoms with Gasteiger partial charge in [0, 0.05) is 13.1 Å². The van der Waals surface area contributed by atoms with Crippen molar-refractivity contribution in [2.24, 2.45) is 0 Å². The lowest BCUT2D eigenvalue weighted by Crippen LogP contribution is -2.36. The first-order valence-electron chi connectivity index (χ1n) is 7.00. The highest BCUT2D eigenvalue weighted by atomic mass is 35.5. The van der Waals surface area contributed by atoms with Crippen LogP contribution in [0.25, 0.3) is 0 Å². The second-order valence-corrected chi connectivity index (χ2v) is 7.56. The molecule has 0 bridgehead atoms. The van der Waals surface area contributed by atoms with E-state index in [1.807, 2.05) is 25.1 Å². The number of rotatable bonds is 6. The van der Waals surface area contributed by atoms with Crippen molar-refractivity contribution in [1.29, 1.82) is 0 Å². The van der Waals surface area contributed by atoms with E-state index in [0.717, 1.165) is 12.1 Å². The summed E-state index contributed by atoms with van der Waals surface area (Å²) in [6.45, 7) is 0.817. The van der Waals surface area contributed by atoms with Gasteiger partial charge in [0.05, 0.1) is 15.6 Å². The van der Waals surface area contributed by atoms with Crippen LogP contribution in [0, 0.1) is 5.82 Å². The van der Waals surface area contributed by atoms with Crippen LogP contribution in [0.4, 0.5) is 10.1 Å². The summed E-state index contributed by atoms with van der Waals surface area (Å²) >= 11 is 5.73. The molecule has 124 valence electrons. The van der Waals surface area contributed by atoms with Crippen molar-refractivity contribution in [3.8, 4) is 0 Å². The fourth-order valence-electron chi connectivity index (χ4n) is 2.04. The van der Waals surface area contributed by atoms with E-state index in [1.54, 1.807) is 24.3 Å². The van der Waals surface area contributed by atoms with Crippen LogP contribution in [0.3, 0.4) is 0 Å². The standard InChI is InChI=1S/C16H18ClFN2O2S/c1-19(2)10-11-20(13-6-4-3-5-7-13)23(21,22)14-8-9-16(18)15(17)12-14/h3-9,12H,10-11H2,1-2H3. The molecule has 2 aromatic carbocycles. The molecular formula is C16H18ClFN2O2S. The summed E-state index contributed by atoms with van der Waals surface area (Å²) in [6.07, 6.45) is 0. The Morgan fingerprint density at radius 1 is 1.04 bits per heavy atom. The Morgan fingerprint density at radius 2 is 1.70 bits per heavy atom. The number of hydrogen-bond donors (Lipinski definition) is 0. The fourth-order valence-corrected chi connectivity index (χ4v) is 3.77. The summed E-state index contributed by atoms with van der Waals surface area (Å²) in [5, 5.41) is -0.216. The van der Waals surface area contributed by atoms with Crippen molar-refractivity contribution in [3.05, 3.63) is 59.4 Å². The third-order valence-electron chi connectivity index (χ3n) is 3.27. The van der Waals surface area contributed by atoms with Crippen LogP contribution in [0.2, 0.25) is 5.02 Å². The van der Waals surface area contributed by atoms with Gasteiger partial charge in [-0.05, 0) is 44.4 Å². The number of nitrogens with zero attached hydrogens (tertiary/aromatic N) is 2. The molecule has 0 aliphatic heterocycles. The highest BCUT2D eigenvalue weighted by Gasteiger charge is 2.25. The van der Waals surface area contributed by atoms with Gasteiger partial charge >= 0.3 is 0 Å². The molecule has 0 amide bonds. The highest BCUT2D eigenvalue weighted by Crippen LogP contribution is 2.26. The van der Waals surface area contributed by atoms with Crippen molar-refractivity contribution in [1.82, 2.24) is 4.90 Å². The summed E-state index contributed by atoms with van der Waals surface area (Å²) in [6, 6.07) is 12.2. The van der Waals surface area contributed by atoms with Crippen LogP contribution in [-0.4, -0.2) is 40.5 Å². The van der Waals surface area contributed by atoms with Crippen molar-refractivity contribution < 1.29 is 12.8 Å². The molecule has 0 aliphatic rings. The van der Waals surface area contributed by atoms with Gasteiger partial charge < -0.3 is 4.90 Å². The Morgan fingerprint density at radius 3 is 2.26 bits per heavy atom. The van der Waals surface area contributed by atoms with Crippen LogP contribution in [0.15, 0.2) is 53.4 Å². The maximum Gasteiger partial charge on any atom is 0.264 e.